The average Bonchev–Trinajstić information content (AvgIpc) is 2.20. The topological polar surface area (TPSA) is 97.3 Å². The Labute approximate surface area is 80.0 Å². The number of aromatic hydroxyl groups is 2. The van der Waals surface area contributed by atoms with Crippen molar-refractivity contribution in [3.05, 3.63) is 17.2 Å². The molecule has 0 aliphatic heterocycles. The maximum Gasteiger partial charge on any atom is 0.177 e. The molecule has 0 aromatic heterocycles. The van der Waals surface area contributed by atoms with Gasteiger partial charge in [-0.1, -0.05) is 0 Å². The molecule has 5 heteroatoms. The van der Waals surface area contributed by atoms with Crippen molar-refractivity contribution in [3.8, 4) is 29.4 Å². The highest BCUT2D eigenvalue weighted by atomic mass is 16.5. The molecule has 0 aliphatic rings. The highest BCUT2D eigenvalue weighted by Gasteiger charge is 2.17. The fourth-order valence-corrected chi connectivity index (χ4v) is 1.01. The zero-order chi connectivity index (χ0) is 10.7. The van der Waals surface area contributed by atoms with Crippen molar-refractivity contribution in [1.29, 1.82) is 10.5 Å². The zero-order valence-corrected chi connectivity index (χ0v) is 7.27. The number of ether oxygens (including phenoxy) is 1. The summed E-state index contributed by atoms with van der Waals surface area (Å²) in [6, 6.07) is 4.31. The minimum atomic E-state index is -0.440. The predicted molar refractivity (Wildman–Crippen MR) is 45.8 cm³/mol. The number of hydrogen-bond donors (Lipinski definition) is 2. The van der Waals surface area contributed by atoms with E-state index in [1.807, 2.05) is 0 Å². The average molecular weight is 190 g/mol. The minimum absolute atomic E-state index is 0.0435. The number of rotatable bonds is 1. The number of phenols is 2. The normalized spacial score (nSPS) is 8.79. The van der Waals surface area contributed by atoms with Crippen LogP contribution in [0.3, 0.4) is 0 Å². The molecule has 0 bridgehead atoms. The van der Waals surface area contributed by atoms with E-state index in [-0.39, 0.29) is 16.9 Å². The van der Waals surface area contributed by atoms with Gasteiger partial charge in [-0.15, -0.1) is 0 Å². The van der Waals surface area contributed by atoms with E-state index < -0.39 is 11.5 Å². The number of benzene rings is 1. The Bertz CT molecular complexity index is 454. The van der Waals surface area contributed by atoms with E-state index in [0.717, 1.165) is 6.07 Å². The van der Waals surface area contributed by atoms with Gasteiger partial charge in [0.15, 0.2) is 11.5 Å². The summed E-state index contributed by atoms with van der Waals surface area (Å²) in [6.45, 7) is 0. The van der Waals surface area contributed by atoms with Gasteiger partial charge in [0.1, 0.15) is 29.0 Å². The Balaban J connectivity index is 3.61. The Morgan fingerprint density at radius 2 is 1.79 bits per heavy atom. The molecule has 0 radical (unpaired) electrons. The lowest BCUT2D eigenvalue weighted by Gasteiger charge is -2.06. The summed E-state index contributed by atoms with van der Waals surface area (Å²) in [6.07, 6.45) is 0. The summed E-state index contributed by atoms with van der Waals surface area (Å²) >= 11 is 0. The summed E-state index contributed by atoms with van der Waals surface area (Å²) in [7, 11) is 1.28. The second-order valence-electron chi connectivity index (χ2n) is 2.42. The number of nitriles is 2. The molecule has 1 rings (SSSR count). The SMILES string of the molecule is COc1cc(O)c(C#N)c(C#N)c1O. The van der Waals surface area contributed by atoms with Crippen LogP contribution in [0.15, 0.2) is 6.07 Å². The highest BCUT2D eigenvalue weighted by molar-refractivity contribution is 5.65. The molecule has 0 saturated heterocycles. The van der Waals surface area contributed by atoms with E-state index in [1.165, 1.54) is 7.11 Å². The van der Waals surface area contributed by atoms with E-state index in [1.54, 1.807) is 12.1 Å². The molecular formula is C9H6N2O3. The number of hydrogen-bond acceptors (Lipinski definition) is 5. The van der Waals surface area contributed by atoms with Gasteiger partial charge in [-0.05, 0) is 0 Å². The molecule has 70 valence electrons. The molecule has 0 atom stereocenters. The molecule has 1 aromatic rings. The van der Waals surface area contributed by atoms with Crippen LogP contribution in [0.1, 0.15) is 11.1 Å². The lowest BCUT2D eigenvalue weighted by Crippen LogP contribution is -1.91. The van der Waals surface area contributed by atoms with Crippen LogP contribution in [0, 0.1) is 22.7 Å². The zero-order valence-electron chi connectivity index (χ0n) is 7.27. The minimum Gasteiger partial charge on any atom is -0.506 e. The lowest BCUT2D eigenvalue weighted by molar-refractivity contribution is 0.367. The Kier molecular flexibility index (Phi) is 2.45. The van der Waals surface area contributed by atoms with Crippen LogP contribution in [0.2, 0.25) is 0 Å². The maximum atomic E-state index is 9.42. The van der Waals surface area contributed by atoms with Gasteiger partial charge >= 0.3 is 0 Å². The van der Waals surface area contributed by atoms with Crippen LogP contribution >= 0.6 is 0 Å². The number of nitrogens with zero attached hydrogens (tertiary/aromatic N) is 2. The van der Waals surface area contributed by atoms with Crippen molar-refractivity contribution >= 4 is 0 Å². The molecule has 2 N–H and O–H groups in total. The smallest absolute Gasteiger partial charge is 0.177 e. The molecule has 5 nitrogen and oxygen atoms in total. The lowest BCUT2D eigenvalue weighted by atomic mass is 10.1. The molecule has 0 amide bonds. The molecule has 0 saturated carbocycles. The summed E-state index contributed by atoms with van der Waals surface area (Å²) in [5, 5.41) is 36.0. The van der Waals surface area contributed by atoms with E-state index in [2.05, 4.69) is 0 Å². The van der Waals surface area contributed by atoms with E-state index in [9.17, 15) is 10.2 Å². The largest absolute Gasteiger partial charge is 0.506 e. The van der Waals surface area contributed by atoms with Crippen LogP contribution in [0.5, 0.6) is 17.2 Å². The van der Waals surface area contributed by atoms with Gasteiger partial charge in [-0.2, -0.15) is 10.5 Å². The molecule has 0 fully saturated rings. The first-order valence-corrected chi connectivity index (χ1v) is 3.58. The van der Waals surface area contributed by atoms with Crippen molar-refractivity contribution in [1.82, 2.24) is 0 Å². The van der Waals surface area contributed by atoms with Gasteiger partial charge in [0.05, 0.1) is 7.11 Å². The summed E-state index contributed by atoms with van der Waals surface area (Å²) in [5.41, 5.74) is -0.546. The molecule has 0 spiro atoms. The van der Waals surface area contributed by atoms with Crippen molar-refractivity contribution in [2.45, 2.75) is 0 Å². The van der Waals surface area contributed by atoms with Crippen LogP contribution in [-0.4, -0.2) is 17.3 Å². The first kappa shape index (κ1) is 9.69. The van der Waals surface area contributed by atoms with E-state index >= 15 is 0 Å². The van der Waals surface area contributed by atoms with Gasteiger partial charge < -0.3 is 14.9 Å². The number of phenolic OH excluding ortho intramolecular Hbond substituents is 2. The standard InChI is InChI=1S/C9H6N2O3/c1-14-8-2-7(12)5(3-10)6(4-11)9(8)13/h2,12-13H,1H3. The summed E-state index contributed by atoms with van der Waals surface area (Å²) in [4.78, 5) is 0. The molecular weight excluding hydrogens is 184 g/mol. The number of methoxy groups -OCH3 is 1. The summed E-state index contributed by atoms with van der Waals surface area (Å²) in [5.74, 6) is -0.874. The fraction of sp³-hybridized carbons (Fsp3) is 0.111. The van der Waals surface area contributed by atoms with Crippen molar-refractivity contribution in [3.63, 3.8) is 0 Å². The fourth-order valence-electron chi connectivity index (χ4n) is 1.01. The van der Waals surface area contributed by atoms with Gasteiger partial charge in [0.25, 0.3) is 0 Å². The second kappa shape index (κ2) is 3.55. The Morgan fingerprint density at radius 3 is 2.21 bits per heavy atom. The molecule has 0 unspecified atom stereocenters. The molecule has 1 aromatic carbocycles. The van der Waals surface area contributed by atoms with Gasteiger partial charge in [-0.3, -0.25) is 0 Å². The van der Waals surface area contributed by atoms with Gasteiger partial charge in [0.2, 0.25) is 0 Å². The van der Waals surface area contributed by atoms with E-state index in [0.29, 0.717) is 0 Å². The van der Waals surface area contributed by atoms with Crippen LogP contribution in [0.4, 0.5) is 0 Å². The van der Waals surface area contributed by atoms with E-state index in [4.69, 9.17) is 15.3 Å². The maximum absolute atomic E-state index is 9.42. The van der Waals surface area contributed by atoms with Crippen molar-refractivity contribution in [2.24, 2.45) is 0 Å². The van der Waals surface area contributed by atoms with Crippen LogP contribution in [-0.2, 0) is 0 Å². The van der Waals surface area contributed by atoms with Crippen molar-refractivity contribution in [2.75, 3.05) is 7.11 Å². The third kappa shape index (κ3) is 1.27. The molecule has 0 aliphatic carbocycles. The van der Waals surface area contributed by atoms with Crippen LogP contribution < -0.4 is 4.74 Å². The highest BCUT2D eigenvalue weighted by Crippen LogP contribution is 2.37. The molecule has 14 heavy (non-hydrogen) atoms. The third-order valence-corrected chi connectivity index (χ3v) is 1.69. The molecule has 0 heterocycles. The second-order valence-corrected chi connectivity index (χ2v) is 2.42. The third-order valence-electron chi connectivity index (χ3n) is 1.69. The van der Waals surface area contributed by atoms with Crippen molar-refractivity contribution < 1.29 is 14.9 Å². The Hall–Kier alpha value is -2.40. The Morgan fingerprint density at radius 1 is 1.21 bits per heavy atom. The van der Waals surface area contributed by atoms with Gasteiger partial charge in [-0.25, -0.2) is 0 Å². The first-order chi connectivity index (χ1) is 6.65. The summed E-state index contributed by atoms with van der Waals surface area (Å²) < 4.78 is 4.70. The van der Waals surface area contributed by atoms with Crippen LogP contribution in [0.25, 0.3) is 0 Å². The monoisotopic (exact) mass is 190 g/mol. The van der Waals surface area contributed by atoms with Gasteiger partial charge in [0, 0.05) is 6.07 Å². The predicted octanol–water partition coefficient (Wildman–Crippen LogP) is 0.850. The quantitative estimate of drug-likeness (QED) is 0.639. The first-order valence-electron chi connectivity index (χ1n) is 3.58.